The van der Waals surface area contributed by atoms with Gasteiger partial charge < -0.3 is 4.18 Å². The van der Waals surface area contributed by atoms with Gasteiger partial charge in [0.05, 0.1) is 12.6 Å². The molecule has 0 aliphatic heterocycles. The zero-order chi connectivity index (χ0) is 21.6. The van der Waals surface area contributed by atoms with Gasteiger partial charge >= 0.3 is 10.1 Å². The number of hydrogen-bond acceptors (Lipinski definition) is 5. The van der Waals surface area contributed by atoms with Gasteiger partial charge in [0.15, 0.2) is 0 Å². The van der Waals surface area contributed by atoms with Crippen LogP contribution in [0.5, 0.6) is 5.75 Å². The normalized spacial score (nSPS) is 11.4. The Hall–Kier alpha value is -3.16. The summed E-state index contributed by atoms with van der Waals surface area (Å²) < 4.78 is 30.6. The standard InChI is InChI=1S/C22H19ClN2O4S/c1-16-10-11-21(30(27,28)29-20-8-3-2-4-9-20)18(12-16)15-24-25-22(26)14-17-6-5-7-19(23)13-17/h2-13,15H,14H2,1H3,(H,25,26). The van der Waals surface area contributed by atoms with E-state index in [-0.39, 0.29) is 23.0 Å². The number of hydrogen-bond donors (Lipinski definition) is 1. The number of rotatable bonds is 7. The lowest BCUT2D eigenvalue weighted by molar-refractivity contribution is -0.120. The predicted octanol–water partition coefficient (Wildman–Crippen LogP) is 4.11. The Bertz CT molecular complexity index is 1180. The first-order valence-corrected chi connectivity index (χ1v) is 10.8. The molecule has 3 aromatic rings. The molecule has 0 fully saturated rings. The minimum Gasteiger partial charge on any atom is -0.379 e. The number of aryl methyl sites for hydroxylation is 1. The van der Waals surface area contributed by atoms with E-state index in [1.807, 2.05) is 6.92 Å². The summed E-state index contributed by atoms with van der Waals surface area (Å²) in [5.74, 6) is -0.151. The molecule has 0 bridgehead atoms. The van der Waals surface area contributed by atoms with Crippen LogP contribution in [-0.2, 0) is 21.3 Å². The molecule has 0 aliphatic carbocycles. The number of carbonyl (C=O) groups excluding carboxylic acids is 1. The van der Waals surface area contributed by atoms with Crippen LogP contribution in [0.1, 0.15) is 16.7 Å². The molecular weight excluding hydrogens is 424 g/mol. The molecule has 0 aliphatic rings. The summed E-state index contributed by atoms with van der Waals surface area (Å²) in [5, 5.41) is 4.44. The summed E-state index contributed by atoms with van der Waals surface area (Å²) >= 11 is 5.92. The van der Waals surface area contributed by atoms with Crippen LogP contribution in [0.4, 0.5) is 0 Å². The highest BCUT2D eigenvalue weighted by Gasteiger charge is 2.20. The summed E-state index contributed by atoms with van der Waals surface area (Å²) in [6.45, 7) is 1.82. The monoisotopic (exact) mass is 442 g/mol. The smallest absolute Gasteiger partial charge is 0.339 e. The molecule has 0 heterocycles. The Morgan fingerprint density at radius 2 is 1.83 bits per heavy atom. The van der Waals surface area contributed by atoms with Crippen LogP contribution < -0.4 is 9.61 Å². The summed E-state index contributed by atoms with van der Waals surface area (Å²) in [5.41, 5.74) is 4.27. The minimum atomic E-state index is -4.08. The van der Waals surface area contributed by atoms with E-state index in [4.69, 9.17) is 15.8 Å². The Morgan fingerprint density at radius 3 is 2.57 bits per heavy atom. The lowest BCUT2D eigenvalue weighted by Crippen LogP contribution is -2.20. The highest BCUT2D eigenvalue weighted by molar-refractivity contribution is 7.87. The van der Waals surface area contributed by atoms with E-state index in [0.29, 0.717) is 10.6 Å². The minimum absolute atomic E-state index is 0.0511. The van der Waals surface area contributed by atoms with Gasteiger partial charge in [0.2, 0.25) is 5.91 Å². The maximum Gasteiger partial charge on any atom is 0.339 e. The maximum absolute atomic E-state index is 12.7. The number of hydrazone groups is 1. The van der Waals surface area contributed by atoms with E-state index in [2.05, 4.69) is 10.5 Å². The average molecular weight is 443 g/mol. The first-order valence-electron chi connectivity index (χ1n) is 9.00. The van der Waals surface area contributed by atoms with Gasteiger partial charge in [-0.3, -0.25) is 4.79 Å². The number of para-hydroxylation sites is 1. The van der Waals surface area contributed by atoms with E-state index in [1.165, 1.54) is 12.3 Å². The van der Waals surface area contributed by atoms with Crippen molar-refractivity contribution in [3.8, 4) is 5.75 Å². The molecule has 1 amide bonds. The third-order valence-electron chi connectivity index (χ3n) is 4.03. The number of carbonyl (C=O) groups is 1. The summed E-state index contributed by atoms with van der Waals surface area (Å²) in [6, 6.07) is 19.9. The fourth-order valence-corrected chi connectivity index (χ4v) is 3.99. The Morgan fingerprint density at radius 1 is 1.07 bits per heavy atom. The Labute approximate surface area is 180 Å². The van der Waals surface area contributed by atoms with Crippen molar-refractivity contribution in [2.24, 2.45) is 5.10 Å². The van der Waals surface area contributed by atoms with Crippen LogP contribution in [0.2, 0.25) is 5.02 Å². The van der Waals surface area contributed by atoms with Gasteiger partial charge in [0.1, 0.15) is 10.6 Å². The molecule has 0 radical (unpaired) electrons. The number of nitrogens with zero attached hydrogens (tertiary/aromatic N) is 1. The second-order valence-electron chi connectivity index (χ2n) is 6.49. The van der Waals surface area contributed by atoms with E-state index in [1.54, 1.807) is 66.7 Å². The van der Waals surface area contributed by atoms with E-state index in [0.717, 1.165) is 11.1 Å². The highest BCUT2D eigenvalue weighted by atomic mass is 35.5. The summed E-state index contributed by atoms with van der Waals surface area (Å²) in [4.78, 5) is 12.0. The highest BCUT2D eigenvalue weighted by Crippen LogP contribution is 2.21. The average Bonchev–Trinajstić information content (AvgIpc) is 2.68. The Kier molecular flexibility index (Phi) is 6.87. The zero-order valence-electron chi connectivity index (χ0n) is 16.1. The van der Waals surface area contributed by atoms with Crippen LogP contribution in [0, 0.1) is 6.92 Å². The molecule has 0 unspecified atom stereocenters. The predicted molar refractivity (Wildman–Crippen MR) is 116 cm³/mol. The first kappa shape index (κ1) is 21.5. The second kappa shape index (κ2) is 9.56. The van der Waals surface area contributed by atoms with Crippen molar-refractivity contribution < 1.29 is 17.4 Å². The van der Waals surface area contributed by atoms with Crippen molar-refractivity contribution in [1.82, 2.24) is 5.43 Å². The van der Waals surface area contributed by atoms with Crippen molar-refractivity contribution in [2.75, 3.05) is 0 Å². The first-order chi connectivity index (χ1) is 14.3. The van der Waals surface area contributed by atoms with Crippen LogP contribution in [-0.4, -0.2) is 20.5 Å². The summed E-state index contributed by atoms with van der Waals surface area (Å²) in [6.07, 6.45) is 1.37. The molecule has 3 rings (SSSR count). The molecule has 154 valence electrons. The van der Waals surface area contributed by atoms with Crippen molar-refractivity contribution >= 4 is 33.8 Å². The largest absolute Gasteiger partial charge is 0.379 e. The van der Waals surface area contributed by atoms with Crippen molar-refractivity contribution in [3.05, 3.63) is 94.5 Å². The molecule has 30 heavy (non-hydrogen) atoms. The molecular formula is C22H19ClN2O4S. The van der Waals surface area contributed by atoms with Gasteiger partial charge in [-0.15, -0.1) is 0 Å². The van der Waals surface area contributed by atoms with Gasteiger partial charge in [0, 0.05) is 10.6 Å². The van der Waals surface area contributed by atoms with Gasteiger partial charge in [-0.25, -0.2) is 5.43 Å². The quantitative estimate of drug-likeness (QED) is 0.339. The SMILES string of the molecule is Cc1ccc(S(=O)(=O)Oc2ccccc2)c(C=NNC(=O)Cc2cccc(Cl)c2)c1. The fourth-order valence-electron chi connectivity index (χ4n) is 2.69. The molecule has 0 atom stereocenters. The lowest BCUT2D eigenvalue weighted by atomic mass is 10.1. The van der Waals surface area contributed by atoms with E-state index >= 15 is 0 Å². The lowest BCUT2D eigenvalue weighted by Gasteiger charge is -2.10. The molecule has 8 heteroatoms. The van der Waals surface area contributed by atoms with Crippen LogP contribution in [0.25, 0.3) is 0 Å². The van der Waals surface area contributed by atoms with Gasteiger partial charge in [-0.05, 0) is 48.9 Å². The molecule has 0 aromatic heterocycles. The molecule has 0 saturated heterocycles. The topological polar surface area (TPSA) is 84.8 Å². The number of halogens is 1. The molecule has 0 spiro atoms. The van der Waals surface area contributed by atoms with Crippen LogP contribution >= 0.6 is 11.6 Å². The number of amides is 1. The number of benzene rings is 3. The third kappa shape index (κ3) is 5.92. The maximum atomic E-state index is 12.7. The molecule has 3 aromatic carbocycles. The van der Waals surface area contributed by atoms with E-state index < -0.39 is 10.1 Å². The number of nitrogens with one attached hydrogen (secondary N) is 1. The van der Waals surface area contributed by atoms with Crippen molar-refractivity contribution in [2.45, 2.75) is 18.2 Å². The fraction of sp³-hybridized carbons (Fsp3) is 0.0909. The van der Waals surface area contributed by atoms with E-state index in [9.17, 15) is 13.2 Å². The molecule has 0 saturated carbocycles. The molecule has 6 nitrogen and oxygen atoms in total. The molecule has 1 N–H and O–H groups in total. The van der Waals surface area contributed by atoms with Crippen LogP contribution in [0.15, 0.2) is 82.8 Å². The van der Waals surface area contributed by atoms with Gasteiger partial charge in [0.25, 0.3) is 0 Å². The van der Waals surface area contributed by atoms with Crippen LogP contribution in [0.3, 0.4) is 0 Å². The van der Waals surface area contributed by atoms with Crippen molar-refractivity contribution in [3.63, 3.8) is 0 Å². The van der Waals surface area contributed by atoms with Gasteiger partial charge in [-0.2, -0.15) is 13.5 Å². The van der Waals surface area contributed by atoms with Crippen molar-refractivity contribution in [1.29, 1.82) is 0 Å². The third-order valence-corrected chi connectivity index (χ3v) is 5.59. The van der Waals surface area contributed by atoms with Gasteiger partial charge in [-0.1, -0.05) is 53.6 Å². The summed E-state index contributed by atoms with van der Waals surface area (Å²) in [7, 11) is -4.08. The second-order valence-corrected chi connectivity index (χ2v) is 8.44. The Balaban J connectivity index is 1.75. The zero-order valence-corrected chi connectivity index (χ0v) is 17.7.